The molecule has 2 aromatic carbocycles. The Morgan fingerprint density at radius 1 is 1.00 bits per heavy atom. The highest BCUT2D eigenvalue weighted by atomic mass is 32.2. The van der Waals surface area contributed by atoms with Crippen molar-refractivity contribution in [1.29, 1.82) is 0 Å². The largest absolute Gasteiger partial charge is 0.295 e. The summed E-state index contributed by atoms with van der Waals surface area (Å²) in [5, 5.41) is 0. The first-order valence-electron chi connectivity index (χ1n) is 8.21. The Kier molecular flexibility index (Phi) is 5.46. The standard InChI is InChI=1S/C18H20F2N2O2S/c19-16-9-8-15(12-17(16)20)25(23,24)21-13-18(22-10-4-5-11-22)14-6-2-1-3-7-14/h1-3,6-9,12,18,21H,4-5,10-11,13H2/t18-/m0/s1. The van der Waals surface area contributed by atoms with Gasteiger partial charge >= 0.3 is 0 Å². The summed E-state index contributed by atoms with van der Waals surface area (Å²) in [6.07, 6.45) is 2.17. The summed E-state index contributed by atoms with van der Waals surface area (Å²) in [7, 11) is -3.92. The number of rotatable bonds is 6. The van der Waals surface area contributed by atoms with Gasteiger partial charge in [0.15, 0.2) is 11.6 Å². The number of nitrogens with one attached hydrogen (secondary N) is 1. The number of benzene rings is 2. The van der Waals surface area contributed by atoms with E-state index in [-0.39, 0.29) is 17.5 Å². The molecule has 0 amide bonds. The molecule has 7 heteroatoms. The van der Waals surface area contributed by atoms with Crippen LogP contribution >= 0.6 is 0 Å². The molecular formula is C18H20F2N2O2S. The van der Waals surface area contributed by atoms with Crippen LogP contribution in [0.5, 0.6) is 0 Å². The molecule has 0 unspecified atom stereocenters. The Balaban J connectivity index is 1.79. The quantitative estimate of drug-likeness (QED) is 0.855. The Morgan fingerprint density at radius 3 is 2.32 bits per heavy atom. The van der Waals surface area contributed by atoms with Crippen molar-refractivity contribution in [2.75, 3.05) is 19.6 Å². The van der Waals surface area contributed by atoms with E-state index in [4.69, 9.17) is 0 Å². The maximum atomic E-state index is 13.3. The van der Waals surface area contributed by atoms with Crippen molar-refractivity contribution >= 4 is 10.0 Å². The van der Waals surface area contributed by atoms with Crippen LogP contribution in [0.4, 0.5) is 8.78 Å². The molecule has 1 atom stereocenters. The number of nitrogens with zero attached hydrogens (tertiary/aromatic N) is 1. The van der Waals surface area contributed by atoms with E-state index in [2.05, 4.69) is 9.62 Å². The van der Waals surface area contributed by atoms with Crippen LogP contribution in [0.1, 0.15) is 24.4 Å². The molecule has 0 spiro atoms. The van der Waals surface area contributed by atoms with Crippen molar-refractivity contribution in [3.8, 4) is 0 Å². The minimum absolute atomic E-state index is 0.0937. The van der Waals surface area contributed by atoms with Gasteiger partial charge in [-0.25, -0.2) is 21.9 Å². The molecule has 0 aromatic heterocycles. The summed E-state index contributed by atoms with van der Waals surface area (Å²) in [6.45, 7) is 1.99. The van der Waals surface area contributed by atoms with E-state index in [9.17, 15) is 17.2 Å². The summed E-state index contributed by atoms with van der Waals surface area (Å²) in [4.78, 5) is 1.96. The number of sulfonamides is 1. The number of hydrogen-bond acceptors (Lipinski definition) is 3. The molecular weight excluding hydrogens is 346 g/mol. The van der Waals surface area contributed by atoms with Gasteiger partial charge in [-0.3, -0.25) is 4.90 Å². The molecule has 3 rings (SSSR count). The van der Waals surface area contributed by atoms with Crippen molar-refractivity contribution in [2.45, 2.75) is 23.8 Å². The van der Waals surface area contributed by atoms with Gasteiger partial charge < -0.3 is 0 Å². The third kappa shape index (κ3) is 4.23. The summed E-state index contributed by atoms with van der Waals surface area (Å²) >= 11 is 0. The Labute approximate surface area is 146 Å². The van der Waals surface area contributed by atoms with Crippen molar-refractivity contribution < 1.29 is 17.2 Å². The number of likely N-dealkylation sites (tertiary alicyclic amines) is 1. The third-order valence-electron chi connectivity index (χ3n) is 4.43. The fourth-order valence-electron chi connectivity index (χ4n) is 3.10. The first-order chi connectivity index (χ1) is 12.0. The molecule has 0 bridgehead atoms. The molecule has 1 heterocycles. The van der Waals surface area contributed by atoms with Crippen LogP contribution in [0, 0.1) is 11.6 Å². The summed E-state index contributed by atoms with van der Waals surface area (Å²) in [5.74, 6) is -2.25. The molecule has 25 heavy (non-hydrogen) atoms. The van der Waals surface area contributed by atoms with Crippen LogP contribution in [-0.2, 0) is 10.0 Å². The van der Waals surface area contributed by atoms with E-state index >= 15 is 0 Å². The predicted octanol–water partition coefficient (Wildman–Crippen LogP) is 3.08. The van der Waals surface area contributed by atoms with Gasteiger partial charge in [0.25, 0.3) is 0 Å². The first kappa shape index (κ1) is 18.0. The van der Waals surface area contributed by atoms with E-state index in [0.29, 0.717) is 6.07 Å². The topological polar surface area (TPSA) is 49.4 Å². The lowest BCUT2D eigenvalue weighted by molar-refractivity contribution is 0.246. The molecule has 1 N–H and O–H groups in total. The van der Waals surface area contributed by atoms with Crippen molar-refractivity contribution in [3.63, 3.8) is 0 Å². The maximum Gasteiger partial charge on any atom is 0.240 e. The smallest absolute Gasteiger partial charge is 0.240 e. The first-order valence-corrected chi connectivity index (χ1v) is 9.69. The zero-order valence-corrected chi connectivity index (χ0v) is 14.5. The van der Waals surface area contributed by atoms with Gasteiger partial charge in [0, 0.05) is 12.6 Å². The number of hydrogen-bond donors (Lipinski definition) is 1. The highest BCUT2D eigenvalue weighted by Gasteiger charge is 2.25. The van der Waals surface area contributed by atoms with Gasteiger partial charge in [0.1, 0.15) is 0 Å². The van der Waals surface area contributed by atoms with E-state index < -0.39 is 21.7 Å². The minimum atomic E-state index is -3.92. The molecule has 0 aliphatic carbocycles. The Morgan fingerprint density at radius 2 is 1.68 bits per heavy atom. The highest BCUT2D eigenvalue weighted by Crippen LogP contribution is 2.25. The highest BCUT2D eigenvalue weighted by molar-refractivity contribution is 7.89. The SMILES string of the molecule is O=S(=O)(NC[C@@H](c1ccccc1)N1CCCC1)c1ccc(F)c(F)c1. The second-order valence-corrected chi connectivity index (χ2v) is 7.86. The molecule has 1 aliphatic rings. The maximum absolute atomic E-state index is 13.3. The molecule has 0 radical (unpaired) electrons. The van der Waals surface area contributed by atoms with Crippen molar-refractivity contribution in [3.05, 3.63) is 65.7 Å². The van der Waals surface area contributed by atoms with E-state index in [1.54, 1.807) is 0 Å². The van der Waals surface area contributed by atoms with Crippen molar-refractivity contribution in [2.24, 2.45) is 0 Å². The van der Waals surface area contributed by atoms with Gasteiger partial charge in [-0.05, 0) is 49.7 Å². The minimum Gasteiger partial charge on any atom is -0.295 e. The second-order valence-electron chi connectivity index (χ2n) is 6.10. The third-order valence-corrected chi connectivity index (χ3v) is 5.86. The van der Waals surface area contributed by atoms with Gasteiger partial charge in [-0.15, -0.1) is 0 Å². The van der Waals surface area contributed by atoms with Crippen LogP contribution in [0.3, 0.4) is 0 Å². The van der Waals surface area contributed by atoms with E-state index in [1.807, 2.05) is 30.3 Å². The lowest BCUT2D eigenvalue weighted by atomic mass is 10.1. The van der Waals surface area contributed by atoms with Crippen LogP contribution in [0.15, 0.2) is 53.4 Å². The summed E-state index contributed by atoms with van der Waals surface area (Å²) in [6, 6.07) is 12.2. The zero-order chi connectivity index (χ0) is 17.9. The molecule has 0 saturated carbocycles. The normalized spacial score (nSPS) is 16.9. The summed E-state index contributed by atoms with van der Waals surface area (Å²) in [5.41, 5.74) is 1.03. The molecule has 1 saturated heterocycles. The number of halogens is 2. The van der Waals surface area contributed by atoms with Crippen LogP contribution in [0.25, 0.3) is 0 Å². The lowest BCUT2D eigenvalue weighted by Gasteiger charge is -2.28. The molecule has 2 aromatic rings. The van der Waals surface area contributed by atoms with Crippen LogP contribution in [-0.4, -0.2) is 33.0 Å². The lowest BCUT2D eigenvalue weighted by Crippen LogP contribution is -2.36. The average molecular weight is 366 g/mol. The van der Waals surface area contributed by atoms with Gasteiger partial charge in [-0.1, -0.05) is 30.3 Å². The zero-order valence-electron chi connectivity index (χ0n) is 13.7. The van der Waals surface area contributed by atoms with E-state index in [0.717, 1.165) is 43.6 Å². The molecule has 1 fully saturated rings. The van der Waals surface area contributed by atoms with Gasteiger partial charge in [-0.2, -0.15) is 0 Å². The fourth-order valence-corrected chi connectivity index (χ4v) is 4.15. The molecule has 134 valence electrons. The predicted molar refractivity (Wildman–Crippen MR) is 91.5 cm³/mol. The van der Waals surface area contributed by atoms with Crippen LogP contribution in [0.2, 0.25) is 0 Å². The van der Waals surface area contributed by atoms with Gasteiger partial charge in [0.2, 0.25) is 10.0 Å². The monoisotopic (exact) mass is 366 g/mol. The molecule has 1 aliphatic heterocycles. The summed E-state index contributed by atoms with van der Waals surface area (Å²) < 4.78 is 53.8. The average Bonchev–Trinajstić information content (AvgIpc) is 3.12. The van der Waals surface area contributed by atoms with E-state index in [1.165, 1.54) is 0 Å². The Bertz CT molecular complexity index is 822. The fraction of sp³-hybridized carbons (Fsp3) is 0.333. The Hall–Kier alpha value is -1.83. The second kappa shape index (κ2) is 7.59. The molecule has 4 nitrogen and oxygen atoms in total. The van der Waals surface area contributed by atoms with Crippen LogP contribution < -0.4 is 4.72 Å². The van der Waals surface area contributed by atoms with Gasteiger partial charge in [0.05, 0.1) is 4.90 Å². The van der Waals surface area contributed by atoms with Crippen molar-refractivity contribution in [1.82, 2.24) is 9.62 Å².